The monoisotopic (exact) mass is 268 g/mol. The van der Waals surface area contributed by atoms with Gasteiger partial charge in [0.25, 0.3) is 5.69 Å². The number of hydrogen-bond acceptors (Lipinski definition) is 4. The van der Waals surface area contributed by atoms with Gasteiger partial charge in [0.1, 0.15) is 0 Å². The molecule has 5 nitrogen and oxygen atoms in total. The van der Waals surface area contributed by atoms with Crippen LogP contribution in [0.5, 0.6) is 0 Å². The summed E-state index contributed by atoms with van der Waals surface area (Å²) in [6, 6.07) is 15.0. The predicted octanol–water partition coefficient (Wildman–Crippen LogP) is 3.05. The smallest absolute Gasteiger partial charge is 0.269 e. The first-order chi connectivity index (χ1) is 9.66. The summed E-state index contributed by atoms with van der Waals surface area (Å²) in [5.41, 5.74) is 1.36. The molecule has 0 aliphatic rings. The molecule has 0 aliphatic heterocycles. The first kappa shape index (κ1) is 13.6. The first-order valence-corrected chi connectivity index (χ1v) is 5.99. The van der Waals surface area contributed by atoms with Gasteiger partial charge < -0.3 is 0 Å². The largest absolute Gasteiger partial charge is 0.288 e. The Morgan fingerprint density at radius 2 is 1.75 bits per heavy atom. The molecule has 2 rings (SSSR count). The van der Waals surface area contributed by atoms with Crippen LogP contribution in [-0.4, -0.2) is 16.9 Å². The first-order valence-electron chi connectivity index (χ1n) is 5.99. The lowest BCUT2D eigenvalue weighted by Gasteiger charge is -1.96. The van der Waals surface area contributed by atoms with Crippen LogP contribution >= 0.6 is 0 Å². The number of carbonyl (C=O) groups excluding carboxylic acids is 1. The Labute approximate surface area is 115 Å². The Hall–Kier alpha value is -2.82. The molecule has 5 heteroatoms. The maximum Gasteiger partial charge on any atom is 0.269 e. The third-order valence-electron chi connectivity index (χ3n) is 2.69. The molecule has 0 heterocycles. The Bertz CT molecular complexity index is 634. The van der Waals surface area contributed by atoms with Crippen LogP contribution in [0.15, 0.2) is 59.6 Å². The second kappa shape index (κ2) is 6.38. The van der Waals surface area contributed by atoms with E-state index < -0.39 is 4.92 Å². The van der Waals surface area contributed by atoms with Crippen molar-refractivity contribution in [3.8, 4) is 0 Å². The van der Waals surface area contributed by atoms with Gasteiger partial charge in [0.15, 0.2) is 0 Å². The highest BCUT2D eigenvalue weighted by Gasteiger charge is 2.07. The van der Waals surface area contributed by atoms with Gasteiger partial charge in [-0.3, -0.25) is 19.9 Å². The second-order valence-electron chi connectivity index (χ2n) is 4.12. The fourth-order valence-corrected chi connectivity index (χ4v) is 1.64. The molecule has 0 unspecified atom stereocenters. The summed E-state index contributed by atoms with van der Waals surface area (Å²) in [5.74, 6) is -0.268. The number of carbonyl (C=O) groups is 1. The van der Waals surface area contributed by atoms with Gasteiger partial charge in [-0.15, -0.1) is 0 Å². The van der Waals surface area contributed by atoms with Crippen molar-refractivity contribution in [1.29, 1.82) is 0 Å². The summed E-state index contributed by atoms with van der Waals surface area (Å²) < 4.78 is 0. The molecule has 2 aromatic rings. The van der Waals surface area contributed by atoms with Crippen LogP contribution in [0.4, 0.5) is 5.69 Å². The summed E-state index contributed by atoms with van der Waals surface area (Å²) >= 11 is 0. The minimum absolute atomic E-state index is 0.0391. The number of Topliss-reactive ketones (excluding diaryl/α,β-unsaturated/α-hetero) is 1. The van der Waals surface area contributed by atoms with Crippen molar-refractivity contribution in [3.05, 3.63) is 75.8 Å². The number of hydrogen-bond donors (Lipinski definition) is 0. The Kier molecular flexibility index (Phi) is 4.34. The predicted molar refractivity (Wildman–Crippen MR) is 76.1 cm³/mol. The van der Waals surface area contributed by atoms with E-state index in [2.05, 4.69) is 4.99 Å². The van der Waals surface area contributed by atoms with Crippen LogP contribution in [0.2, 0.25) is 0 Å². The van der Waals surface area contributed by atoms with E-state index >= 15 is 0 Å². The number of ketones is 1. The summed E-state index contributed by atoms with van der Waals surface area (Å²) in [4.78, 5) is 25.9. The number of nitrogens with zero attached hydrogens (tertiary/aromatic N) is 2. The molecule has 0 bridgehead atoms. The lowest BCUT2D eigenvalue weighted by Crippen LogP contribution is -2.01. The zero-order valence-corrected chi connectivity index (χ0v) is 10.6. The highest BCUT2D eigenvalue weighted by atomic mass is 16.6. The van der Waals surface area contributed by atoms with E-state index in [0.717, 1.165) is 5.56 Å². The average Bonchev–Trinajstić information content (AvgIpc) is 2.48. The van der Waals surface area contributed by atoms with Gasteiger partial charge in [-0.1, -0.05) is 30.3 Å². The van der Waals surface area contributed by atoms with Crippen LogP contribution in [0.1, 0.15) is 15.9 Å². The van der Waals surface area contributed by atoms with Crippen molar-refractivity contribution < 1.29 is 9.72 Å². The normalized spacial score (nSPS) is 10.6. The van der Waals surface area contributed by atoms with Crippen LogP contribution in [0.25, 0.3) is 0 Å². The second-order valence-corrected chi connectivity index (χ2v) is 4.12. The molecule has 0 aliphatic carbocycles. The number of aliphatic imine (C=N–C) groups is 1. The molecular weight excluding hydrogens is 256 g/mol. The molecule has 2 aromatic carbocycles. The van der Waals surface area contributed by atoms with Gasteiger partial charge >= 0.3 is 0 Å². The van der Waals surface area contributed by atoms with Crippen molar-refractivity contribution >= 4 is 17.7 Å². The SMILES string of the molecule is O=C(C=NCc1ccccc1)c1ccc([N+](=O)[O-])cc1. The topological polar surface area (TPSA) is 72.6 Å². The van der Waals surface area contributed by atoms with Gasteiger partial charge in [-0.2, -0.15) is 0 Å². The molecule has 0 saturated heterocycles. The Morgan fingerprint density at radius 3 is 2.35 bits per heavy atom. The minimum atomic E-state index is -0.502. The van der Waals surface area contributed by atoms with E-state index in [1.54, 1.807) is 0 Å². The van der Waals surface area contributed by atoms with E-state index in [9.17, 15) is 14.9 Å². The zero-order chi connectivity index (χ0) is 14.4. The summed E-state index contributed by atoms with van der Waals surface area (Å²) in [5, 5.41) is 10.5. The van der Waals surface area contributed by atoms with Crippen molar-refractivity contribution in [2.75, 3.05) is 0 Å². The third kappa shape index (κ3) is 3.58. The molecule has 0 amide bonds. The van der Waals surface area contributed by atoms with Crippen molar-refractivity contribution in [1.82, 2.24) is 0 Å². The quantitative estimate of drug-likeness (QED) is 0.362. The van der Waals surface area contributed by atoms with Gasteiger partial charge in [-0.25, -0.2) is 0 Å². The molecule has 0 atom stereocenters. The maximum atomic E-state index is 11.8. The van der Waals surface area contributed by atoms with E-state index in [1.165, 1.54) is 30.5 Å². The average molecular weight is 268 g/mol. The van der Waals surface area contributed by atoms with E-state index in [-0.39, 0.29) is 11.5 Å². The van der Waals surface area contributed by atoms with E-state index in [0.29, 0.717) is 12.1 Å². The molecule has 0 aromatic heterocycles. The fourth-order valence-electron chi connectivity index (χ4n) is 1.64. The highest BCUT2D eigenvalue weighted by Crippen LogP contribution is 2.12. The van der Waals surface area contributed by atoms with Crippen LogP contribution in [0, 0.1) is 10.1 Å². The number of rotatable bonds is 5. The van der Waals surface area contributed by atoms with E-state index in [4.69, 9.17) is 0 Å². The van der Waals surface area contributed by atoms with Gasteiger partial charge in [0.05, 0.1) is 17.7 Å². The fraction of sp³-hybridized carbons (Fsp3) is 0.0667. The molecule has 0 N–H and O–H groups in total. The van der Waals surface area contributed by atoms with Gasteiger partial charge in [-0.05, 0) is 17.7 Å². The van der Waals surface area contributed by atoms with Crippen molar-refractivity contribution in [3.63, 3.8) is 0 Å². The lowest BCUT2D eigenvalue weighted by atomic mass is 10.1. The molecule has 0 radical (unpaired) electrons. The number of nitro groups is 1. The lowest BCUT2D eigenvalue weighted by molar-refractivity contribution is -0.384. The zero-order valence-electron chi connectivity index (χ0n) is 10.6. The van der Waals surface area contributed by atoms with Gasteiger partial charge in [0.2, 0.25) is 5.78 Å². The maximum absolute atomic E-state index is 11.8. The highest BCUT2D eigenvalue weighted by molar-refractivity contribution is 6.35. The van der Waals surface area contributed by atoms with Gasteiger partial charge in [0, 0.05) is 17.7 Å². The minimum Gasteiger partial charge on any atom is -0.288 e. The molecule has 0 fully saturated rings. The third-order valence-corrected chi connectivity index (χ3v) is 2.69. The summed E-state index contributed by atoms with van der Waals surface area (Å²) in [6.07, 6.45) is 1.24. The number of non-ortho nitro benzene ring substituents is 1. The number of benzene rings is 2. The molecular formula is C15H12N2O3. The number of nitro benzene ring substituents is 1. The Morgan fingerprint density at radius 1 is 1.10 bits per heavy atom. The van der Waals surface area contributed by atoms with Crippen LogP contribution in [0.3, 0.4) is 0 Å². The van der Waals surface area contributed by atoms with Crippen LogP contribution < -0.4 is 0 Å². The molecule has 0 spiro atoms. The van der Waals surface area contributed by atoms with E-state index in [1.807, 2.05) is 30.3 Å². The van der Waals surface area contributed by atoms with Crippen LogP contribution in [-0.2, 0) is 6.54 Å². The Balaban J connectivity index is 1.99. The molecule has 0 saturated carbocycles. The summed E-state index contributed by atoms with van der Waals surface area (Å²) in [7, 11) is 0. The standard InChI is InChI=1S/C15H12N2O3/c18-15(11-16-10-12-4-2-1-3-5-12)13-6-8-14(9-7-13)17(19)20/h1-9,11H,10H2. The van der Waals surface area contributed by atoms with Crippen molar-refractivity contribution in [2.45, 2.75) is 6.54 Å². The van der Waals surface area contributed by atoms with Crippen molar-refractivity contribution in [2.24, 2.45) is 4.99 Å². The summed E-state index contributed by atoms with van der Waals surface area (Å²) in [6.45, 7) is 0.430. The molecule has 100 valence electrons. The molecule has 20 heavy (non-hydrogen) atoms.